The number of ketones is 1. The number of nitro groups is 1. The lowest BCUT2D eigenvalue weighted by atomic mass is 10.1. The Hall–Kier alpha value is -4.86. The Morgan fingerprint density at radius 3 is 2.31 bits per heavy atom. The van der Waals surface area contributed by atoms with Crippen LogP contribution in [0, 0.1) is 10.1 Å². The van der Waals surface area contributed by atoms with Crippen LogP contribution in [0.4, 0.5) is 11.4 Å². The fourth-order valence-corrected chi connectivity index (χ4v) is 3.24. The molecule has 0 aliphatic heterocycles. The second-order valence-electron chi connectivity index (χ2n) is 7.36. The highest BCUT2D eigenvalue weighted by molar-refractivity contribution is 6.41. The predicted octanol–water partition coefficient (Wildman–Crippen LogP) is 3.06. The number of nitrogens with zero attached hydrogens (tertiary/aromatic N) is 1. The van der Waals surface area contributed by atoms with Gasteiger partial charge in [-0.3, -0.25) is 24.5 Å². The van der Waals surface area contributed by atoms with Crippen molar-refractivity contribution in [3.63, 3.8) is 0 Å². The molecule has 0 aromatic heterocycles. The number of esters is 1. The molecule has 2 N–H and O–H groups in total. The van der Waals surface area contributed by atoms with E-state index in [0.29, 0.717) is 0 Å². The van der Waals surface area contributed by atoms with E-state index in [1.807, 2.05) is 30.3 Å². The first-order valence-electron chi connectivity index (χ1n) is 10.4. The first-order chi connectivity index (χ1) is 16.8. The van der Waals surface area contributed by atoms with Gasteiger partial charge in [0, 0.05) is 30.2 Å². The predicted molar refractivity (Wildman–Crippen MR) is 126 cm³/mol. The van der Waals surface area contributed by atoms with Gasteiger partial charge in [0.25, 0.3) is 17.5 Å². The third-order valence-electron chi connectivity index (χ3n) is 5.02. The summed E-state index contributed by atoms with van der Waals surface area (Å²) in [6.07, 6.45) is -0.520. The van der Waals surface area contributed by atoms with Gasteiger partial charge >= 0.3 is 5.97 Å². The van der Waals surface area contributed by atoms with Crippen LogP contribution in [0.1, 0.15) is 31.8 Å². The Balaban J connectivity index is 1.79. The number of Topliss-reactive ketones (excluding diaryl/α,β-unsaturated/α-hetero) is 1. The summed E-state index contributed by atoms with van der Waals surface area (Å²) in [5.74, 6) is -3.32. The van der Waals surface area contributed by atoms with Gasteiger partial charge in [0.1, 0.15) is 0 Å². The molecule has 3 aromatic rings. The maximum Gasteiger partial charge on any atom is 0.339 e. The molecule has 0 atom stereocenters. The summed E-state index contributed by atoms with van der Waals surface area (Å²) < 4.78 is 4.71. The molecule has 10 heteroatoms. The minimum Gasteiger partial charge on any atom is -0.465 e. The first-order valence-corrected chi connectivity index (χ1v) is 10.4. The SMILES string of the molecule is COC(=O)c1ccc(C(=O)NCc2ccccc2)cc1NC(=O)C(=O)Cc1ccccc1[N+](=O)[O-]. The topological polar surface area (TPSA) is 145 Å². The van der Waals surface area contributed by atoms with Crippen LogP contribution < -0.4 is 10.6 Å². The quantitative estimate of drug-likeness (QED) is 0.209. The highest BCUT2D eigenvalue weighted by atomic mass is 16.6. The molecule has 0 radical (unpaired) electrons. The summed E-state index contributed by atoms with van der Waals surface area (Å²) >= 11 is 0. The Morgan fingerprint density at radius 2 is 1.63 bits per heavy atom. The average Bonchev–Trinajstić information content (AvgIpc) is 2.87. The summed E-state index contributed by atoms with van der Waals surface area (Å²) in [7, 11) is 1.15. The fraction of sp³-hybridized carbons (Fsp3) is 0.120. The number of benzene rings is 3. The Morgan fingerprint density at radius 1 is 0.943 bits per heavy atom. The van der Waals surface area contributed by atoms with E-state index in [1.165, 1.54) is 42.5 Å². The molecule has 0 heterocycles. The summed E-state index contributed by atoms with van der Waals surface area (Å²) in [6.45, 7) is 0.258. The maximum absolute atomic E-state index is 12.6. The van der Waals surface area contributed by atoms with E-state index in [0.717, 1.165) is 12.7 Å². The van der Waals surface area contributed by atoms with Gasteiger partial charge in [-0.2, -0.15) is 0 Å². The fourth-order valence-electron chi connectivity index (χ4n) is 3.24. The van der Waals surface area contributed by atoms with Gasteiger partial charge in [0.2, 0.25) is 5.78 Å². The number of rotatable bonds is 9. The number of carbonyl (C=O) groups excluding carboxylic acids is 4. The van der Waals surface area contributed by atoms with E-state index in [9.17, 15) is 29.3 Å². The molecule has 178 valence electrons. The Bertz CT molecular complexity index is 1290. The number of nitro benzene ring substituents is 1. The van der Waals surface area contributed by atoms with Crippen molar-refractivity contribution in [3.8, 4) is 0 Å². The van der Waals surface area contributed by atoms with Gasteiger partial charge in [0.05, 0.1) is 23.3 Å². The number of carbonyl (C=O) groups is 4. The standard InChI is InChI=1S/C25H21N3O7/c1-35-25(32)19-12-11-18(23(30)26-15-16-7-3-2-4-8-16)13-20(19)27-24(31)22(29)14-17-9-5-6-10-21(17)28(33)34/h2-13H,14-15H2,1H3,(H,26,30)(H,27,31). The van der Waals surface area contributed by atoms with Crippen LogP contribution >= 0.6 is 0 Å². The van der Waals surface area contributed by atoms with E-state index < -0.39 is 34.9 Å². The third-order valence-corrected chi connectivity index (χ3v) is 5.02. The highest BCUT2D eigenvalue weighted by Gasteiger charge is 2.23. The number of anilines is 1. The van der Waals surface area contributed by atoms with Gasteiger partial charge in [-0.15, -0.1) is 0 Å². The van der Waals surface area contributed by atoms with Gasteiger partial charge in [0.15, 0.2) is 0 Å². The number of hydrogen-bond donors (Lipinski definition) is 2. The number of nitrogens with one attached hydrogen (secondary N) is 2. The normalized spacial score (nSPS) is 10.2. The zero-order chi connectivity index (χ0) is 25.4. The number of hydrogen-bond acceptors (Lipinski definition) is 7. The number of methoxy groups -OCH3 is 1. The minimum absolute atomic E-state index is 0.0693. The van der Waals surface area contributed by atoms with E-state index >= 15 is 0 Å². The van der Waals surface area contributed by atoms with Gasteiger partial charge in [-0.1, -0.05) is 48.5 Å². The lowest BCUT2D eigenvalue weighted by Crippen LogP contribution is -2.27. The van der Waals surface area contributed by atoms with Crippen molar-refractivity contribution in [1.29, 1.82) is 0 Å². The molecule has 0 bridgehead atoms. The highest BCUT2D eigenvalue weighted by Crippen LogP contribution is 2.21. The molecular weight excluding hydrogens is 454 g/mol. The summed E-state index contributed by atoms with van der Waals surface area (Å²) in [5, 5.41) is 16.2. The molecule has 0 saturated heterocycles. The summed E-state index contributed by atoms with van der Waals surface area (Å²) in [5.41, 5.74) is 0.612. The maximum atomic E-state index is 12.6. The first kappa shape index (κ1) is 24.8. The van der Waals surface area contributed by atoms with Crippen LogP contribution in [0.5, 0.6) is 0 Å². The monoisotopic (exact) mass is 475 g/mol. The zero-order valence-electron chi connectivity index (χ0n) is 18.6. The largest absolute Gasteiger partial charge is 0.465 e. The van der Waals surface area contributed by atoms with E-state index in [2.05, 4.69) is 10.6 Å². The van der Waals surface area contributed by atoms with Gasteiger partial charge in [-0.25, -0.2) is 4.79 Å². The van der Waals surface area contributed by atoms with Crippen LogP contribution in [-0.2, 0) is 27.3 Å². The zero-order valence-corrected chi connectivity index (χ0v) is 18.6. The summed E-state index contributed by atoms with van der Waals surface area (Å²) in [6, 6.07) is 18.7. The average molecular weight is 475 g/mol. The van der Waals surface area contributed by atoms with E-state index in [1.54, 1.807) is 0 Å². The van der Waals surface area contributed by atoms with Gasteiger partial charge in [-0.05, 0) is 23.8 Å². The molecule has 0 spiro atoms. The number of para-hydroxylation sites is 1. The van der Waals surface area contributed by atoms with Crippen molar-refractivity contribution >= 4 is 34.9 Å². The van der Waals surface area contributed by atoms with E-state index in [-0.39, 0.29) is 34.6 Å². The van der Waals surface area contributed by atoms with Crippen LogP contribution in [-0.4, -0.2) is 35.6 Å². The Labute approximate surface area is 200 Å². The minimum atomic E-state index is -1.10. The van der Waals surface area contributed by atoms with Crippen LogP contribution in [0.2, 0.25) is 0 Å². The lowest BCUT2D eigenvalue weighted by Gasteiger charge is -2.12. The number of ether oxygens (including phenoxy) is 1. The lowest BCUT2D eigenvalue weighted by molar-refractivity contribution is -0.385. The molecule has 0 unspecified atom stereocenters. The molecule has 3 aromatic carbocycles. The second-order valence-corrected chi connectivity index (χ2v) is 7.36. The molecule has 0 aliphatic rings. The van der Waals surface area contributed by atoms with Gasteiger partial charge < -0.3 is 15.4 Å². The molecule has 3 rings (SSSR count). The molecule has 2 amide bonds. The van der Waals surface area contributed by atoms with Crippen molar-refractivity contribution in [3.05, 3.63) is 105 Å². The number of amides is 2. The molecule has 0 saturated carbocycles. The second kappa shape index (κ2) is 11.3. The van der Waals surface area contributed by atoms with Crippen LogP contribution in [0.3, 0.4) is 0 Å². The van der Waals surface area contributed by atoms with Crippen LogP contribution in [0.15, 0.2) is 72.8 Å². The molecule has 10 nitrogen and oxygen atoms in total. The van der Waals surface area contributed by atoms with Crippen molar-refractivity contribution in [1.82, 2.24) is 5.32 Å². The molecule has 0 aliphatic carbocycles. The van der Waals surface area contributed by atoms with Crippen molar-refractivity contribution in [2.45, 2.75) is 13.0 Å². The van der Waals surface area contributed by atoms with Crippen LogP contribution in [0.25, 0.3) is 0 Å². The Kier molecular flexibility index (Phi) is 8.02. The van der Waals surface area contributed by atoms with Crippen molar-refractivity contribution in [2.75, 3.05) is 12.4 Å². The van der Waals surface area contributed by atoms with Crippen molar-refractivity contribution < 1.29 is 28.8 Å². The van der Waals surface area contributed by atoms with E-state index in [4.69, 9.17) is 4.74 Å². The smallest absolute Gasteiger partial charge is 0.339 e. The molecule has 35 heavy (non-hydrogen) atoms. The molecule has 0 fully saturated rings. The van der Waals surface area contributed by atoms with Crippen molar-refractivity contribution in [2.24, 2.45) is 0 Å². The third kappa shape index (κ3) is 6.35. The molecular formula is C25H21N3O7. The summed E-state index contributed by atoms with van der Waals surface area (Å²) in [4.78, 5) is 60.3.